The fraction of sp³-hybridized carbons (Fsp3) is 0.167. The van der Waals surface area contributed by atoms with Gasteiger partial charge >= 0.3 is 0 Å². The van der Waals surface area contributed by atoms with Gasteiger partial charge in [0.05, 0.1) is 6.26 Å². The smallest absolute Gasteiger partial charge is 0.142 e. The molecule has 0 unspecified atom stereocenters. The van der Waals surface area contributed by atoms with E-state index in [1.807, 2.05) is 0 Å². The number of aldehydes is 1. The Hall–Kier alpha value is -1.05. The molecule has 44 valence electrons. The third kappa shape index (κ3) is 3.15. The fourth-order valence-electron chi connectivity index (χ4n) is 0.234. The molecule has 8 heavy (non-hydrogen) atoms. The summed E-state index contributed by atoms with van der Waals surface area (Å²) in [6.07, 6.45) is 4.45. The Morgan fingerprint density at radius 1 is 1.62 bits per heavy atom. The van der Waals surface area contributed by atoms with Gasteiger partial charge in [0.2, 0.25) is 0 Å². The minimum atomic E-state index is 0.660. The van der Waals surface area contributed by atoms with E-state index in [9.17, 15) is 4.79 Å². The van der Waals surface area contributed by atoms with Crippen molar-refractivity contribution in [3.63, 3.8) is 0 Å². The molecule has 0 aliphatic rings. The van der Waals surface area contributed by atoms with Crippen molar-refractivity contribution in [3.05, 3.63) is 24.0 Å². The molecule has 0 atom stereocenters. The second-order valence-electron chi connectivity index (χ2n) is 1.37. The van der Waals surface area contributed by atoms with Crippen LogP contribution in [0.1, 0.15) is 6.92 Å². The maximum absolute atomic E-state index is 9.63. The monoisotopic (exact) mass is 112 g/mol. The molecule has 0 fully saturated rings. The molecule has 2 heteroatoms. The van der Waals surface area contributed by atoms with Crippen LogP contribution >= 0.6 is 0 Å². The molecular weight excluding hydrogens is 104 g/mol. The third-order valence-electron chi connectivity index (χ3n) is 0.641. The lowest BCUT2D eigenvalue weighted by Crippen LogP contribution is -1.66. The van der Waals surface area contributed by atoms with Crippen molar-refractivity contribution >= 4 is 6.29 Å². The molecule has 0 aromatic rings. The van der Waals surface area contributed by atoms with Crippen LogP contribution in [0.4, 0.5) is 0 Å². The SMILES string of the molecule is CC(/C=C/C=O)=C\O. The summed E-state index contributed by atoms with van der Waals surface area (Å²) < 4.78 is 0. The standard InChI is InChI=1S/C6H8O2/c1-6(5-8)3-2-4-7/h2-5,8H,1H3/b3-2+,6-5+. The highest BCUT2D eigenvalue weighted by Gasteiger charge is 1.74. The van der Waals surface area contributed by atoms with E-state index in [-0.39, 0.29) is 0 Å². The van der Waals surface area contributed by atoms with E-state index in [4.69, 9.17) is 5.11 Å². The average molecular weight is 112 g/mol. The zero-order chi connectivity index (χ0) is 6.41. The predicted octanol–water partition coefficient (Wildman–Crippen LogP) is 1.20. The van der Waals surface area contributed by atoms with Gasteiger partial charge < -0.3 is 5.11 Å². The minimum Gasteiger partial charge on any atom is -0.515 e. The zero-order valence-corrected chi connectivity index (χ0v) is 4.66. The third-order valence-corrected chi connectivity index (χ3v) is 0.641. The quantitative estimate of drug-likeness (QED) is 0.252. The summed E-state index contributed by atoms with van der Waals surface area (Å²) in [5, 5.41) is 8.23. The lowest BCUT2D eigenvalue weighted by molar-refractivity contribution is -0.104. The molecule has 0 aliphatic heterocycles. The topological polar surface area (TPSA) is 37.3 Å². The van der Waals surface area contributed by atoms with E-state index >= 15 is 0 Å². The van der Waals surface area contributed by atoms with Crippen molar-refractivity contribution in [2.24, 2.45) is 0 Å². The van der Waals surface area contributed by atoms with Crippen LogP contribution < -0.4 is 0 Å². The van der Waals surface area contributed by atoms with E-state index in [0.29, 0.717) is 11.9 Å². The minimum absolute atomic E-state index is 0.660. The van der Waals surface area contributed by atoms with Crippen molar-refractivity contribution in [1.82, 2.24) is 0 Å². The molecule has 0 heterocycles. The van der Waals surface area contributed by atoms with Crippen LogP contribution in [-0.2, 0) is 4.79 Å². The number of allylic oxidation sites excluding steroid dienone is 3. The van der Waals surface area contributed by atoms with Crippen LogP contribution in [0.25, 0.3) is 0 Å². The van der Waals surface area contributed by atoms with Gasteiger partial charge in [-0.15, -0.1) is 0 Å². The summed E-state index contributed by atoms with van der Waals surface area (Å²) in [4.78, 5) is 9.63. The Morgan fingerprint density at radius 3 is 2.62 bits per heavy atom. The van der Waals surface area contributed by atoms with Crippen LogP contribution in [0.2, 0.25) is 0 Å². The van der Waals surface area contributed by atoms with Gasteiger partial charge in [0.15, 0.2) is 0 Å². The van der Waals surface area contributed by atoms with E-state index in [0.717, 1.165) is 6.26 Å². The van der Waals surface area contributed by atoms with Crippen molar-refractivity contribution in [1.29, 1.82) is 0 Å². The second kappa shape index (κ2) is 4.12. The summed E-state index contributed by atoms with van der Waals surface area (Å²) >= 11 is 0. The Bertz CT molecular complexity index is 122. The summed E-state index contributed by atoms with van der Waals surface area (Å²) in [5.41, 5.74) is 0.664. The van der Waals surface area contributed by atoms with E-state index < -0.39 is 0 Å². The normalized spacial score (nSPS) is 12.4. The van der Waals surface area contributed by atoms with Crippen molar-refractivity contribution < 1.29 is 9.90 Å². The maximum Gasteiger partial charge on any atom is 0.142 e. The first kappa shape index (κ1) is 6.95. The first-order valence-electron chi connectivity index (χ1n) is 2.24. The lowest BCUT2D eigenvalue weighted by Gasteiger charge is -1.80. The summed E-state index contributed by atoms with van der Waals surface area (Å²) in [6.45, 7) is 1.69. The Balaban J connectivity index is 3.69. The van der Waals surface area contributed by atoms with Crippen LogP contribution in [-0.4, -0.2) is 11.4 Å². The number of hydrogen-bond acceptors (Lipinski definition) is 2. The van der Waals surface area contributed by atoms with Gasteiger partial charge in [-0.25, -0.2) is 0 Å². The van der Waals surface area contributed by atoms with Crippen LogP contribution in [0.3, 0.4) is 0 Å². The molecule has 0 amide bonds. The van der Waals surface area contributed by atoms with Crippen molar-refractivity contribution in [2.45, 2.75) is 6.92 Å². The first-order valence-corrected chi connectivity index (χ1v) is 2.24. The Labute approximate surface area is 48.1 Å². The molecule has 0 aromatic carbocycles. The highest BCUT2D eigenvalue weighted by Crippen LogP contribution is 1.89. The number of hydrogen-bond donors (Lipinski definition) is 1. The number of aliphatic hydroxyl groups excluding tert-OH is 1. The molecule has 0 spiro atoms. The molecule has 0 saturated carbocycles. The number of aliphatic hydroxyl groups is 1. The van der Waals surface area contributed by atoms with E-state index in [2.05, 4.69) is 0 Å². The van der Waals surface area contributed by atoms with Crippen LogP contribution in [0.5, 0.6) is 0 Å². The average Bonchev–Trinajstić information content (AvgIpc) is 1.83. The van der Waals surface area contributed by atoms with Gasteiger partial charge in [-0.1, -0.05) is 6.08 Å². The summed E-state index contributed by atoms with van der Waals surface area (Å²) in [6, 6.07) is 0. The lowest BCUT2D eigenvalue weighted by atomic mass is 10.3. The molecular formula is C6H8O2. The van der Waals surface area contributed by atoms with Crippen molar-refractivity contribution in [3.8, 4) is 0 Å². The van der Waals surface area contributed by atoms with Gasteiger partial charge in [-0.2, -0.15) is 0 Å². The van der Waals surface area contributed by atoms with Gasteiger partial charge in [-0.3, -0.25) is 4.79 Å². The maximum atomic E-state index is 9.63. The first-order chi connectivity index (χ1) is 3.81. The van der Waals surface area contributed by atoms with Crippen molar-refractivity contribution in [2.75, 3.05) is 0 Å². The van der Waals surface area contributed by atoms with Crippen LogP contribution in [0.15, 0.2) is 24.0 Å². The fourth-order valence-corrected chi connectivity index (χ4v) is 0.234. The van der Waals surface area contributed by atoms with Gasteiger partial charge in [0.25, 0.3) is 0 Å². The molecule has 1 N–H and O–H groups in total. The predicted molar refractivity (Wildman–Crippen MR) is 31.6 cm³/mol. The molecule has 0 saturated heterocycles. The molecule has 0 aliphatic carbocycles. The molecule has 0 radical (unpaired) electrons. The molecule has 2 nitrogen and oxygen atoms in total. The van der Waals surface area contributed by atoms with Gasteiger partial charge in [0.1, 0.15) is 6.29 Å². The molecule has 0 aromatic heterocycles. The second-order valence-corrected chi connectivity index (χ2v) is 1.37. The molecule has 0 rings (SSSR count). The van der Waals surface area contributed by atoms with Crippen LogP contribution in [0, 0.1) is 0 Å². The van der Waals surface area contributed by atoms with E-state index in [1.165, 1.54) is 12.2 Å². The molecule has 0 bridgehead atoms. The highest BCUT2D eigenvalue weighted by molar-refractivity contribution is 5.65. The van der Waals surface area contributed by atoms with Gasteiger partial charge in [0, 0.05) is 0 Å². The number of carbonyl (C=O) groups excluding carboxylic acids is 1. The zero-order valence-electron chi connectivity index (χ0n) is 4.66. The van der Waals surface area contributed by atoms with E-state index in [1.54, 1.807) is 6.92 Å². The van der Waals surface area contributed by atoms with Gasteiger partial charge in [-0.05, 0) is 18.6 Å². The largest absolute Gasteiger partial charge is 0.515 e. The summed E-state index contributed by atoms with van der Waals surface area (Å²) in [7, 11) is 0. The Kier molecular flexibility index (Phi) is 3.58. The number of carbonyl (C=O) groups is 1. The Morgan fingerprint density at radius 2 is 2.25 bits per heavy atom. The highest BCUT2D eigenvalue weighted by atomic mass is 16.2. The number of rotatable bonds is 2. The summed E-state index contributed by atoms with van der Waals surface area (Å²) in [5.74, 6) is 0.